The minimum absolute atomic E-state index is 0.630. The van der Waals surface area contributed by atoms with Crippen molar-refractivity contribution in [3.63, 3.8) is 0 Å². The fourth-order valence-corrected chi connectivity index (χ4v) is 2.53. The van der Waals surface area contributed by atoms with E-state index in [0.29, 0.717) is 11.7 Å². The van der Waals surface area contributed by atoms with Crippen LogP contribution in [0.5, 0.6) is 0 Å². The maximum Gasteiger partial charge on any atom is 0.231 e. The lowest BCUT2D eigenvalue weighted by Crippen LogP contribution is -1.98. The summed E-state index contributed by atoms with van der Waals surface area (Å²) in [7, 11) is 0. The summed E-state index contributed by atoms with van der Waals surface area (Å²) in [6.45, 7) is 2.61. The lowest BCUT2D eigenvalue weighted by Gasteiger charge is -1.97. The van der Waals surface area contributed by atoms with Gasteiger partial charge in [0.15, 0.2) is 0 Å². The van der Waals surface area contributed by atoms with Crippen molar-refractivity contribution in [2.45, 2.75) is 13.5 Å². The molecule has 0 bridgehead atoms. The molecule has 20 heavy (non-hydrogen) atoms. The summed E-state index contributed by atoms with van der Waals surface area (Å²) in [5, 5.41) is 14.0. The zero-order valence-electron chi connectivity index (χ0n) is 11.0. The van der Waals surface area contributed by atoms with Crippen molar-refractivity contribution in [1.82, 2.24) is 20.0 Å². The summed E-state index contributed by atoms with van der Waals surface area (Å²) in [6.07, 6.45) is 3.65. The quantitative estimate of drug-likeness (QED) is 0.692. The van der Waals surface area contributed by atoms with Crippen LogP contribution in [0.2, 0.25) is 0 Å². The van der Waals surface area contributed by atoms with Crippen LogP contribution in [0, 0.1) is 0 Å². The second kappa shape index (κ2) is 5.75. The van der Waals surface area contributed by atoms with Crippen molar-refractivity contribution in [2.75, 3.05) is 0 Å². The van der Waals surface area contributed by atoms with Crippen LogP contribution in [-0.4, -0.2) is 25.7 Å². The summed E-state index contributed by atoms with van der Waals surface area (Å²) in [5.74, 6) is 0. The van der Waals surface area contributed by atoms with Gasteiger partial charge in [0, 0.05) is 18.1 Å². The fraction of sp³-hybridized carbons (Fsp3) is 0.143. The molecule has 2 aromatic heterocycles. The normalized spacial score (nSPS) is 11.8. The molecule has 5 nitrogen and oxygen atoms in total. The summed E-state index contributed by atoms with van der Waals surface area (Å²) < 4.78 is 1.82. The van der Waals surface area contributed by atoms with Crippen molar-refractivity contribution >= 4 is 22.2 Å². The molecule has 0 aliphatic carbocycles. The van der Waals surface area contributed by atoms with E-state index in [2.05, 4.69) is 20.3 Å². The summed E-state index contributed by atoms with van der Waals surface area (Å²) >= 11 is 1.48. The van der Waals surface area contributed by atoms with Gasteiger partial charge in [-0.15, -0.1) is 10.2 Å². The molecule has 0 N–H and O–H groups in total. The van der Waals surface area contributed by atoms with Gasteiger partial charge >= 0.3 is 0 Å². The van der Waals surface area contributed by atoms with Crippen molar-refractivity contribution < 1.29 is 0 Å². The van der Waals surface area contributed by atoms with E-state index in [1.807, 2.05) is 54.2 Å². The van der Waals surface area contributed by atoms with E-state index in [1.165, 1.54) is 11.3 Å². The van der Waals surface area contributed by atoms with E-state index in [1.54, 1.807) is 6.20 Å². The Hall–Kier alpha value is -2.34. The molecule has 3 aromatic rings. The highest BCUT2D eigenvalue weighted by molar-refractivity contribution is 7.15. The number of aliphatic imine (C=N–C) groups is 1. The number of hydrogen-bond acceptors (Lipinski definition) is 5. The summed E-state index contributed by atoms with van der Waals surface area (Å²) in [6, 6.07) is 11.9. The number of hydrogen-bond donors (Lipinski definition) is 0. The van der Waals surface area contributed by atoms with Gasteiger partial charge in [-0.3, -0.25) is 4.68 Å². The molecule has 0 amide bonds. The number of rotatable bonds is 4. The molecule has 100 valence electrons. The van der Waals surface area contributed by atoms with Gasteiger partial charge in [-0.25, -0.2) is 4.99 Å². The highest BCUT2D eigenvalue weighted by atomic mass is 32.1. The predicted octanol–water partition coefficient (Wildman–Crippen LogP) is 2.92. The Morgan fingerprint density at radius 2 is 2.05 bits per heavy atom. The second-order valence-electron chi connectivity index (χ2n) is 4.25. The molecule has 2 heterocycles. The first kappa shape index (κ1) is 12.7. The van der Waals surface area contributed by atoms with E-state index in [-0.39, 0.29) is 0 Å². The minimum Gasteiger partial charge on any atom is -0.266 e. The van der Waals surface area contributed by atoms with Gasteiger partial charge in [-0.05, 0) is 18.6 Å². The summed E-state index contributed by atoms with van der Waals surface area (Å²) in [5.41, 5.74) is 2.03. The minimum atomic E-state index is 0.630. The van der Waals surface area contributed by atoms with Gasteiger partial charge < -0.3 is 0 Å². The van der Waals surface area contributed by atoms with E-state index >= 15 is 0 Å². The van der Waals surface area contributed by atoms with Gasteiger partial charge in [0.05, 0.1) is 6.54 Å². The maximum absolute atomic E-state index is 4.51. The van der Waals surface area contributed by atoms with Crippen LogP contribution in [0.1, 0.15) is 17.5 Å². The Labute approximate surface area is 120 Å². The molecule has 3 rings (SSSR count). The number of benzene rings is 1. The van der Waals surface area contributed by atoms with Gasteiger partial charge in [0.1, 0.15) is 5.01 Å². The van der Waals surface area contributed by atoms with Crippen molar-refractivity contribution in [1.29, 1.82) is 0 Å². The third-order valence-electron chi connectivity index (χ3n) is 2.77. The molecule has 0 unspecified atom stereocenters. The standard InChI is InChI=1S/C14H13N5S/c1-11(12-6-3-2-4-7-12)16-14-18-17-13(20-14)10-19-9-5-8-15-19/h2-9H,10H2,1H3/b16-11+. The predicted molar refractivity (Wildman–Crippen MR) is 79.6 cm³/mol. The van der Waals surface area contributed by atoms with Crippen molar-refractivity contribution in [3.8, 4) is 0 Å². The molecule has 0 aliphatic heterocycles. The average molecular weight is 283 g/mol. The van der Waals surface area contributed by atoms with Crippen LogP contribution in [-0.2, 0) is 6.54 Å². The topological polar surface area (TPSA) is 56.0 Å². The van der Waals surface area contributed by atoms with Gasteiger partial charge in [-0.1, -0.05) is 41.7 Å². The first-order valence-corrected chi connectivity index (χ1v) is 7.03. The SMILES string of the molecule is C/C(=N\c1nnc(Cn2cccn2)s1)c1ccccc1. The maximum atomic E-state index is 4.51. The molecule has 0 atom stereocenters. The van der Waals surface area contributed by atoms with Crippen LogP contribution < -0.4 is 0 Å². The monoisotopic (exact) mass is 283 g/mol. The van der Waals surface area contributed by atoms with E-state index < -0.39 is 0 Å². The smallest absolute Gasteiger partial charge is 0.231 e. The molecule has 0 aliphatic rings. The van der Waals surface area contributed by atoms with Crippen LogP contribution in [0.4, 0.5) is 5.13 Å². The first-order valence-electron chi connectivity index (χ1n) is 6.22. The second-order valence-corrected chi connectivity index (χ2v) is 5.29. The Morgan fingerprint density at radius 1 is 1.20 bits per heavy atom. The van der Waals surface area contributed by atoms with Crippen molar-refractivity contribution in [2.24, 2.45) is 4.99 Å². The van der Waals surface area contributed by atoms with Gasteiger partial charge in [-0.2, -0.15) is 5.10 Å². The number of aromatic nitrogens is 4. The molecule has 0 spiro atoms. The van der Waals surface area contributed by atoms with Gasteiger partial charge in [0.2, 0.25) is 5.13 Å². The Morgan fingerprint density at radius 3 is 2.80 bits per heavy atom. The first-order chi connectivity index (χ1) is 9.81. The molecule has 1 aromatic carbocycles. The summed E-state index contributed by atoms with van der Waals surface area (Å²) in [4.78, 5) is 4.51. The third kappa shape index (κ3) is 2.97. The van der Waals surface area contributed by atoms with Crippen LogP contribution in [0.3, 0.4) is 0 Å². The molecule has 0 saturated heterocycles. The van der Waals surface area contributed by atoms with E-state index in [0.717, 1.165) is 16.3 Å². The number of nitrogens with zero attached hydrogens (tertiary/aromatic N) is 5. The van der Waals surface area contributed by atoms with Crippen LogP contribution in [0.25, 0.3) is 0 Å². The fourth-order valence-electron chi connectivity index (χ4n) is 1.77. The molecular weight excluding hydrogens is 270 g/mol. The molecular formula is C14H13N5S. The van der Waals surface area contributed by atoms with E-state index in [9.17, 15) is 0 Å². The zero-order chi connectivity index (χ0) is 13.8. The van der Waals surface area contributed by atoms with Crippen molar-refractivity contribution in [3.05, 3.63) is 59.4 Å². The zero-order valence-corrected chi connectivity index (χ0v) is 11.8. The Bertz CT molecular complexity index is 700. The molecule has 6 heteroatoms. The Balaban J connectivity index is 1.77. The highest BCUT2D eigenvalue weighted by Crippen LogP contribution is 2.20. The lowest BCUT2D eigenvalue weighted by atomic mass is 10.1. The third-order valence-corrected chi connectivity index (χ3v) is 3.57. The Kier molecular flexibility index (Phi) is 3.64. The molecule has 0 fully saturated rings. The van der Waals surface area contributed by atoms with Crippen LogP contribution in [0.15, 0.2) is 53.8 Å². The average Bonchev–Trinajstić information content (AvgIpc) is 3.12. The highest BCUT2D eigenvalue weighted by Gasteiger charge is 2.05. The molecule has 0 saturated carbocycles. The van der Waals surface area contributed by atoms with E-state index in [4.69, 9.17) is 0 Å². The lowest BCUT2D eigenvalue weighted by molar-refractivity contribution is 0.677. The van der Waals surface area contributed by atoms with Gasteiger partial charge in [0.25, 0.3) is 0 Å². The molecule has 0 radical (unpaired) electrons. The van der Waals surface area contributed by atoms with Crippen LogP contribution >= 0.6 is 11.3 Å². The largest absolute Gasteiger partial charge is 0.266 e.